The molecule has 0 bridgehead atoms. The van der Waals surface area contributed by atoms with Gasteiger partial charge in [-0.3, -0.25) is 4.79 Å². The molecule has 0 aliphatic rings. The average Bonchev–Trinajstić information content (AvgIpc) is 4.19. The first-order valence-corrected chi connectivity index (χ1v) is 21.6. The Labute approximate surface area is 391 Å². The number of unbranched alkanes of at least 4 members (excludes halogenated alkanes) is 5. The molecular weight excluding hydrogens is 859 g/mol. The van der Waals surface area contributed by atoms with Crippen LogP contribution in [0.4, 0.5) is 5.69 Å². The van der Waals surface area contributed by atoms with Gasteiger partial charge < -0.3 is 15.2 Å². The lowest BCUT2D eigenvalue weighted by Gasteiger charge is -2.06. The fourth-order valence-electron chi connectivity index (χ4n) is 6.49. The summed E-state index contributed by atoms with van der Waals surface area (Å²) < 4.78 is 5.73. The van der Waals surface area contributed by atoms with Crippen LogP contribution in [0, 0.1) is 34.0 Å². The molecule has 8 rings (SSSR count). The van der Waals surface area contributed by atoms with Gasteiger partial charge >= 0.3 is 5.97 Å². The maximum Gasteiger partial charge on any atom is 0.335 e. The summed E-state index contributed by atoms with van der Waals surface area (Å²) in [4.78, 5) is 23.0. The second kappa shape index (κ2) is 25.1. The van der Waals surface area contributed by atoms with Gasteiger partial charge in [0.2, 0.25) is 0 Å². The number of aromatic nitrogens is 9. The van der Waals surface area contributed by atoms with Crippen molar-refractivity contribution in [1.82, 2.24) is 46.2 Å². The van der Waals surface area contributed by atoms with Crippen LogP contribution in [0.2, 0.25) is 0 Å². The van der Waals surface area contributed by atoms with Crippen LogP contribution >= 0.6 is 0 Å². The topological polar surface area (TPSA) is 272 Å². The number of H-pyrrole nitrogens is 3. The normalized spacial score (nSPS) is 10.3. The first kappa shape index (κ1) is 47.9. The number of hydrogen-bond acceptors (Lipinski definition) is 12. The second-order valence-electron chi connectivity index (χ2n) is 14.9. The quantitative estimate of drug-likeness (QED) is 0.0447. The predicted octanol–water partition coefficient (Wildman–Crippen LogP) is 9.89. The minimum atomic E-state index is -1.05. The van der Waals surface area contributed by atoms with Gasteiger partial charge in [0.25, 0.3) is 5.91 Å². The molecule has 0 aliphatic carbocycles. The van der Waals surface area contributed by atoms with Crippen molar-refractivity contribution in [3.05, 3.63) is 167 Å². The smallest absolute Gasteiger partial charge is 0.335 e. The van der Waals surface area contributed by atoms with E-state index in [9.17, 15) is 9.59 Å². The molecule has 3 aromatic heterocycles. The third-order valence-corrected chi connectivity index (χ3v) is 10.1. The zero-order valence-electron chi connectivity index (χ0n) is 36.9. The van der Waals surface area contributed by atoms with E-state index in [-0.39, 0.29) is 17.2 Å². The van der Waals surface area contributed by atoms with Crippen molar-refractivity contribution >= 4 is 29.7 Å². The van der Waals surface area contributed by atoms with Gasteiger partial charge in [0, 0.05) is 27.9 Å². The summed E-state index contributed by atoms with van der Waals surface area (Å²) in [6, 6.07) is 44.0. The molecule has 5 N–H and O–H groups in total. The number of carbonyl (C=O) groups is 2. The van der Waals surface area contributed by atoms with Crippen molar-refractivity contribution in [2.24, 2.45) is 0 Å². The zero-order valence-corrected chi connectivity index (χ0v) is 36.9. The number of carboxylic acid groups (broad SMARTS) is 1. The highest BCUT2D eigenvalue weighted by Crippen LogP contribution is 2.24. The maximum absolute atomic E-state index is 12.2. The van der Waals surface area contributed by atoms with Crippen molar-refractivity contribution in [1.29, 1.82) is 15.8 Å². The maximum atomic E-state index is 12.2. The van der Waals surface area contributed by atoms with Crippen molar-refractivity contribution in [2.75, 3.05) is 11.9 Å². The first-order valence-electron chi connectivity index (χ1n) is 21.6. The van der Waals surface area contributed by atoms with Gasteiger partial charge in [-0.25, -0.2) is 20.1 Å². The molecule has 0 radical (unpaired) electrons. The largest absolute Gasteiger partial charge is 0.494 e. The number of benzene rings is 5. The van der Waals surface area contributed by atoms with Gasteiger partial charge in [-0.2, -0.15) is 15.8 Å². The standard InChI is InChI=1S/C17H11N5O3.C17H22N4O.C17H12N4/c18-9-14-15(21-22-20-14)10-5-7-13(8-6-10)19-16(23)11-1-3-12(4-2-11)17(24)25;1-2-3-4-5-6-7-12-22-15-10-8-14(9-11-15)17-16(13-18)19-21-20-17;18-12-16-17(20-21-19-16)15-10-8-14(9-11-15)7-6-13-4-2-1-3-5-13/h1-8H,(H,19,23)(H,24,25)(H,20,21,22);8-11H,2-7,12H2,1H3,(H,19,20,21);1-11H,(H,19,20,21). The Morgan fingerprint density at radius 2 is 1.01 bits per heavy atom. The van der Waals surface area contributed by atoms with Crippen molar-refractivity contribution in [3.8, 4) is 57.7 Å². The Kier molecular flexibility index (Phi) is 17.7. The lowest BCUT2D eigenvalue weighted by molar-refractivity contribution is 0.0696. The van der Waals surface area contributed by atoms with Crippen LogP contribution in [0.1, 0.15) is 94.4 Å². The molecule has 17 nitrogen and oxygen atoms in total. The fourth-order valence-corrected chi connectivity index (χ4v) is 6.49. The van der Waals surface area contributed by atoms with Gasteiger partial charge in [0.05, 0.1) is 12.2 Å². The molecular formula is C51H45N13O4. The van der Waals surface area contributed by atoms with Gasteiger partial charge in [0.15, 0.2) is 17.1 Å². The van der Waals surface area contributed by atoms with Gasteiger partial charge in [-0.1, -0.05) is 134 Å². The van der Waals surface area contributed by atoms with Crippen LogP contribution in [0.5, 0.6) is 5.75 Å². The van der Waals surface area contributed by atoms with Crippen molar-refractivity contribution in [2.45, 2.75) is 45.4 Å². The molecule has 17 heteroatoms. The minimum absolute atomic E-state index is 0.113. The van der Waals surface area contributed by atoms with Crippen LogP contribution in [0.25, 0.3) is 45.9 Å². The van der Waals surface area contributed by atoms with E-state index < -0.39 is 5.97 Å². The number of aromatic amines is 3. The van der Waals surface area contributed by atoms with E-state index in [1.165, 1.54) is 56.4 Å². The molecule has 5 aromatic carbocycles. The number of aromatic carboxylic acids is 1. The molecule has 0 saturated carbocycles. The summed E-state index contributed by atoms with van der Waals surface area (Å²) in [6.45, 7) is 2.98. The molecule has 1 amide bonds. The highest BCUT2D eigenvalue weighted by molar-refractivity contribution is 6.04. The highest BCUT2D eigenvalue weighted by atomic mass is 16.5. The number of amides is 1. The van der Waals surface area contributed by atoms with Crippen LogP contribution in [-0.4, -0.2) is 69.8 Å². The van der Waals surface area contributed by atoms with Crippen LogP contribution in [0.3, 0.4) is 0 Å². The molecule has 0 fully saturated rings. The Morgan fingerprint density at radius 3 is 1.50 bits per heavy atom. The number of ether oxygens (including phenoxy) is 1. The van der Waals surface area contributed by atoms with Crippen LogP contribution in [0.15, 0.2) is 127 Å². The monoisotopic (exact) mass is 903 g/mol. The SMILES string of the molecule is CCCCCCCCOc1ccc(-c2nn[nH]c2C#N)cc1.N#Cc1[nH]nnc1-c1ccc(C=Cc2ccccc2)cc1.N#Cc1[nH]nnc1-c1ccc(NC(=O)c2ccc(C(=O)O)cc2)cc1. The molecule has 8 aromatic rings. The fraction of sp³-hybridized carbons (Fsp3) is 0.157. The highest BCUT2D eigenvalue weighted by Gasteiger charge is 2.13. The summed E-state index contributed by atoms with van der Waals surface area (Å²) in [7, 11) is 0. The third-order valence-electron chi connectivity index (χ3n) is 10.1. The van der Waals surface area contributed by atoms with E-state index >= 15 is 0 Å². The Bertz CT molecular complexity index is 3010. The molecule has 338 valence electrons. The van der Waals surface area contributed by atoms with Gasteiger partial charge in [-0.15, -0.1) is 15.3 Å². The molecule has 0 unspecified atom stereocenters. The molecule has 0 atom stereocenters. The van der Waals surface area contributed by atoms with Gasteiger partial charge in [0.1, 0.15) is 41.0 Å². The number of nitriles is 3. The Hall–Kier alpha value is -9.53. The molecule has 0 aliphatic heterocycles. The van der Waals surface area contributed by atoms with Crippen LogP contribution in [-0.2, 0) is 0 Å². The molecule has 0 spiro atoms. The number of carbonyl (C=O) groups excluding carboxylic acids is 1. The summed E-state index contributed by atoms with van der Waals surface area (Å²) >= 11 is 0. The van der Waals surface area contributed by atoms with E-state index in [4.69, 9.17) is 25.6 Å². The van der Waals surface area contributed by atoms with E-state index in [1.54, 1.807) is 24.3 Å². The number of carboxylic acids is 1. The molecule has 68 heavy (non-hydrogen) atoms. The van der Waals surface area contributed by atoms with E-state index in [0.717, 1.165) is 41.0 Å². The summed E-state index contributed by atoms with van der Waals surface area (Å²) in [5, 5.41) is 68.7. The molecule has 0 saturated heterocycles. The van der Waals surface area contributed by atoms with Crippen molar-refractivity contribution < 1.29 is 19.4 Å². The lowest BCUT2D eigenvalue weighted by atomic mass is 10.1. The molecule has 3 heterocycles. The van der Waals surface area contributed by atoms with E-state index in [0.29, 0.717) is 45.3 Å². The number of nitrogens with zero attached hydrogens (tertiary/aromatic N) is 9. The number of anilines is 1. The Balaban J connectivity index is 0.000000169. The average molecular weight is 904 g/mol. The summed E-state index contributed by atoms with van der Waals surface area (Å²) in [5.41, 5.74) is 8.28. The predicted molar refractivity (Wildman–Crippen MR) is 255 cm³/mol. The zero-order chi connectivity index (χ0) is 47.9. The summed E-state index contributed by atoms with van der Waals surface area (Å²) in [6.07, 6.45) is 11.6. The number of hydrogen-bond donors (Lipinski definition) is 5. The van der Waals surface area contributed by atoms with E-state index in [1.807, 2.05) is 91.0 Å². The lowest BCUT2D eigenvalue weighted by Crippen LogP contribution is -2.12. The second-order valence-corrected chi connectivity index (χ2v) is 14.9. The number of rotatable bonds is 16. The first-order chi connectivity index (χ1) is 33.3. The summed E-state index contributed by atoms with van der Waals surface area (Å²) in [5.74, 6) is -0.560. The third kappa shape index (κ3) is 13.7. The van der Waals surface area contributed by atoms with Crippen molar-refractivity contribution in [3.63, 3.8) is 0 Å². The van der Waals surface area contributed by atoms with Crippen LogP contribution < -0.4 is 10.1 Å². The Morgan fingerprint density at radius 1 is 0.574 bits per heavy atom. The number of nitrogens with one attached hydrogen (secondary N) is 4. The van der Waals surface area contributed by atoms with E-state index in [2.05, 4.69) is 76.7 Å². The van der Waals surface area contributed by atoms with Gasteiger partial charge in [-0.05, 0) is 78.2 Å². The minimum Gasteiger partial charge on any atom is -0.494 e.